The summed E-state index contributed by atoms with van der Waals surface area (Å²) in [5.41, 5.74) is 2.49. The Hall–Kier alpha value is -1.62. The molecule has 7 heteroatoms. The molecule has 0 radical (unpaired) electrons. The van der Waals surface area contributed by atoms with Crippen LogP contribution in [0.1, 0.15) is 63.1 Å². The van der Waals surface area contributed by atoms with Crippen molar-refractivity contribution in [2.24, 2.45) is 0 Å². The number of morpholine rings is 1. The molecule has 29 heavy (non-hydrogen) atoms. The Morgan fingerprint density at radius 3 is 2.72 bits per heavy atom. The first kappa shape index (κ1) is 22.1. The third-order valence-corrected chi connectivity index (χ3v) is 6.56. The molecule has 1 fully saturated rings. The standard InChI is InChI=1S/C22H31N3O3S/c1-4-5-6-7-16(26)15-29-21-18(13-23)17-12-22(2,3)28-14-19(17)20(24-21)25-8-10-27-11-9-25/h4-12,14-15H2,1-3H3/p+1. The minimum absolute atomic E-state index is 0.245. The molecule has 0 atom stereocenters. The fourth-order valence-corrected chi connectivity index (χ4v) is 4.78. The highest BCUT2D eigenvalue weighted by Gasteiger charge is 2.36. The van der Waals surface area contributed by atoms with Crippen LogP contribution in [0.3, 0.4) is 0 Å². The van der Waals surface area contributed by atoms with Crippen LogP contribution in [0.15, 0.2) is 5.03 Å². The van der Waals surface area contributed by atoms with Gasteiger partial charge < -0.3 is 9.47 Å². The maximum Gasteiger partial charge on any atom is 0.281 e. The number of anilines is 1. The molecule has 0 unspecified atom stereocenters. The maximum atomic E-state index is 12.3. The van der Waals surface area contributed by atoms with E-state index >= 15 is 0 Å². The molecule has 158 valence electrons. The number of hydrogen-bond donors (Lipinski definition) is 0. The van der Waals surface area contributed by atoms with E-state index in [0.717, 1.165) is 54.3 Å². The number of thioether (sulfide) groups is 1. The number of nitrogens with zero attached hydrogens (tertiary/aromatic N) is 2. The van der Waals surface area contributed by atoms with Gasteiger partial charge >= 0.3 is 0 Å². The van der Waals surface area contributed by atoms with Gasteiger partial charge in [-0.2, -0.15) is 5.26 Å². The number of ketones is 1. The van der Waals surface area contributed by atoms with Crippen molar-refractivity contribution in [3.8, 4) is 6.07 Å². The molecule has 0 saturated carbocycles. The van der Waals surface area contributed by atoms with Gasteiger partial charge in [0.25, 0.3) is 5.82 Å². The normalized spacial score (nSPS) is 18.2. The number of hydrogen-bond acceptors (Lipinski definition) is 6. The average molecular weight is 419 g/mol. The minimum atomic E-state index is -0.305. The van der Waals surface area contributed by atoms with Crippen molar-refractivity contribution in [2.45, 2.75) is 70.1 Å². The number of aromatic nitrogens is 1. The van der Waals surface area contributed by atoms with E-state index in [4.69, 9.17) is 9.47 Å². The summed E-state index contributed by atoms with van der Waals surface area (Å²) in [6.07, 6.45) is 4.44. The highest BCUT2D eigenvalue weighted by atomic mass is 32.2. The number of pyridine rings is 1. The van der Waals surface area contributed by atoms with Crippen LogP contribution >= 0.6 is 11.8 Å². The van der Waals surface area contributed by atoms with Crippen LogP contribution in [-0.4, -0.2) is 43.4 Å². The quantitative estimate of drug-likeness (QED) is 0.476. The SMILES string of the molecule is CCCCCC(=O)CSc1[nH+]c(N2CCOCC2)c2c(c1C#N)CC(C)(C)OC2. The van der Waals surface area contributed by atoms with E-state index in [0.29, 0.717) is 44.0 Å². The van der Waals surface area contributed by atoms with Crippen LogP contribution in [0.4, 0.5) is 5.82 Å². The van der Waals surface area contributed by atoms with Crippen LogP contribution in [0, 0.1) is 11.3 Å². The van der Waals surface area contributed by atoms with Crippen molar-refractivity contribution in [3.05, 3.63) is 16.7 Å². The Balaban J connectivity index is 1.90. The number of Topliss-reactive ketones (excluding diaryl/α,β-unsaturated/α-hetero) is 1. The summed E-state index contributed by atoms with van der Waals surface area (Å²) in [5.74, 6) is 1.66. The average Bonchev–Trinajstić information content (AvgIpc) is 2.71. The minimum Gasteiger partial charge on any atom is -0.373 e. The van der Waals surface area contributed by atoms with E-state index in [1.165, 1.54) is 11.8 Å². The highest BCUT2D eigenvalue weighted by molar-refractivity contribution is 7.99. The third kappa shape index (κ3) is 5.50. The van der Waals surface area contributed by atoms with Crippen molar-refractivity contribution in [1.82, 2.24) is 0 Å². The Morgan fingerprint density at radius 1 is 1.28 bits per heavy atom. The van der Waals surface area contributed by atoms with Crippen LogP contribution < -0.4 is 9.88 Å². The zero-order valence-corrected chi connectivity index (χ0v) is 18.6. The molecule has 0 bridgehead atoms. The summed E-state index contributed by atoms with van der Waals surface area (Å²) in [6.45, 7) is 9.73. The van der Waals surface area contributed by atoms with Gasteiger partial charge in [0.1, 0.15) is 30.5 Å². The number of carbonyl (C=O) groups is 1. The molecule has 1 saturated heterocycles. The smallest absolute Gasteiger partial charge is 0.281 e. The van der Waals surface area contributed by atoms with E-state index in [-0.39, 0.29) is 11.4 Å². The Morgan fingerprint density at radius 2 is 2.03 bits per heavy atom. The van der Waals surface area contributed by atoms with Gasteiger partial charge in [0.05, 0.1) is 36.7 Å². The van der Waals surface area contributed by atoms with E-state index in [2.05, 4.69) is 36.7 Å². The molecular formula is C22H32N3O3S+. The van der Waals surface area contributed by atoms with Gasteiger partial charge in [-0.15, -0.1) is 0 Å². The lowest BCUT2D eigenvalue weighted by molar-refractivity contribution is -0.415. The lowest BCUT2D eigenvalue weighted by atomic mass is 9.89. The Labute approximate surface area is 178 Å². The Kier molecular flexibility index (Phi) is 7.55. The molecule has 0 aromatic carbocycles. The molecule has 2 aliphatic rings. The predicted molar refractivity (Wildman–Crippen MR) is 113 cm³/mol. The summed E-state index contributed by atoms with van der Waals surface area (Å²) < 4.78 is 11.6. The van der Waals surface area contributed by atoms with Gasteiger partial charge in [-0.3, -0.25) is 9.69 Å². The first-order valence-electron chi connectivity index (χ1n) is 10.6. The molecule has 6 nitrogen and oxygen atoms in total. The molecular weight excluding hydrogens is 386 g/mol. The second kappa shape index (κ2) is 9.92. The van der Waals surface area contributed by atoms with Crippen molar-refractivity contribution in [3.63, 3.8) is 0 Å². The number of aromatic amines is 1. The number of H-pyrrole nitrogens is 1. The lowest BCUT2D eigenvalue weighted by Crippen LogP contribution is -2.43. The summed E-state index contributed by atoms with van der Waals surface area (Å²) >= 11 is 1.46. The van der Waals surface area contributed by atoms with E-state index in [1.807, 2.05) is 0 Å². The predicted octanol–water partition coefficient (Wildman–Crippen LogP) is 3.30. The summed E-state index contributed by atoms with van der Waals surface area (Å²) in [7, 11) is 0. The van der Waals surface area contributed by atoms with Gasteiger partial charge in [0.15, 0.2) is 5.03 Å². The molecule has 1 aromatic heterocycles. The van der Waals surface area contributed by atoms with E-state index in [9.17, 15) is 10.1 Å². The van der Waals surface area contributed by atoms with Crippen molar-refractivity contribution >= 4 is 23.4 Å². The number of rotatable bonds is 8. The van der Waals surface area contributed by atoms with Gasteiger partial charge in [0, 0.05) is 12.8 Å². The number of nitriles is 1. The summed E-state index contributed by atoms with van der Waals surface area (Å²) in [5, 5.41) is 10.7. The molecule has 0 spiro atoms. The largest absolute Gasteiger partial charge is 0.373 e. The zero-order valence-electron chi connectivity index (χ0n) is 17.8. The van der Waals surface area contributed by atoms with Crippen molar-refractivity contribution in [1.29, 1.82) is 5.26 Å². The number of nitrogens with one attached hydrogen (secondary N) is 1. The number of fused-ring (bicyclic) bond motifs is 1. The highest BCUT2D eigenvalue weighted by Crippen LogP contribution is 2.36. The first-order valence-corrected chi connectivity index (χ1v) is 11.6. The number of unbranched alkanes of at least 4 members (excludes halogenated alkanes) is 2. The van der Waals surface area contributed by atoms with Gasteiger partial charge in [-0.1, -0.05) is 31.5 Å². The van der Waals surface area contributed by atoms with Gasteiger partial charge in [-0.05, 0) is 25.8 Å². The molecule has 1 aromatic rings. The van der Waals surface area contributed by atoms with Gasteiger partial charge in [0.2, 0.25) is 0 Å². The molecule has 0 aliphatic carbocycles. The molecule has 1 N–H and O–H groups in total. The monoisotopic (exact) mass is 418 g/mol. The van der Waals surface area contributed by atoms with Crippen molar-refractivity contribution < 1.29 is 19.3 Å². The molecule has 0 amide bonds. The summed E-state index contributed by atoms with van der Waals surface area (Å²) in [4.78, 5) is 18.1. The van der Waals surface area contributed by atoms with Crippen LogP contribution in [0.5, 0.6) is 0 Å². The lowest BCUT2D eigenvalue weighted by Gasteiger charge is -2.34. The fourth-order valence-electron chi connectivity index (χ4n) is 3.85. The second-order valence-electron chi connectivity index (χ2n) is 8.36. The maximum absolute atomic E-state index is 12.3. The third-order valence-electron chi connectivity index (χ3n) is 5.50. The zero-order chi connectivity index (χ0) is 20.9. The molecule has 3 rings (SSSR count). The van der Waals surface area contributed by atoms with E-state index in [1.54, 1.807) is 0 Å². The topological polar surface area (TPSA) is 76.7 Å². The number of ether oxygens (including phenoxy) is 2. The summed E-state index contributed by atoms with van der Waals surface area (Å²) in [6, 6.07) is 2.41. The Bertz CT molecular complexity index is 782. The molecule has 2 aliphatic heterocycles. The van der Waals surface area contributed by atoms with Crippen LogP contribution in [0.25, 0.3) is 0 Å². The molecule has 3 heterocycles. The van der Waals surface area contributed by atoms with Gasteiger partial charge in [-0.25, -0.2) is 4.98 Å². The van der Waals surface area contributed by atoms with Crippen LogP contribution in [-0.2, 0) is 27.3 Å². The van der Waals surface area contributed by atoms with Crippen molar-refractivity contribution in [2.75, 3.05) is 37.0 Å². The first-order chi connectivity index (χ1) is 13.9. The van der Waals surface area contributed by atoms with Crippen LogP contribution in [0.2, 0.25) is 0 Å². The van der Waals surface area contributed by atoms with E-state index < -0.39 is 0 Å². The number of carbonyl (C=O) groups excluding carboxylic acids is 1. The fraction of sp³-hybridized carbons (Fsp3) is 0.682. The second-order valence-corrected chi connectivity index (χ2v) is 9.34.